The van der Waals surface area contributed by atoms with Crippen LogP contribution < -0.4 is 5.32 Å². The van der Waals surface area contributed by atoms with Crippen LogP contribution in [0.5, 0.6) is 5.75 Å². The Bertz CT molecular complexity index is 480. The van der Waals surface area contributed by atoms with Crippen LogP contribution in [0.1, 0.15) is 39.7 Å². The average molecular weight is 322 g/mol. The van der Waals surface area contributed by atoms with Crippen LogP contribution in [-0.2, 0) is 11.2 Å². The molecule has 5 nitrogen and oxygen atoms in total. The molecule has 1 unspecified atom stereocenters. The number of carbonyl (C=O) groups is 1. The lowest BCUT2D eigenvalue weighted by atomic mass is 10.1. The molecule has 0 saturated heterocycles. The average Bonchev–Trinajstić information content (AvgIpc) is 2.44. The molecule has 1 aromatic rings. The van der Waals surface area contributed by atoms with Gasteiger partial charge in [0.05, 0.1) is 0 Å². The van der Waals surface area contributed by atoms with Gasteiger partial charge in [-0.15, -0.1) is 0 Å². The van der Waals surface area contributed by atoms with Gasteiger partial charge in [0.15, 0.2) is 0 Å². The summed E-state index contributed by atoms with van der Waals surface area (Å²) in [6.07, 6.45) is 1.66. The van der Waals surface area contributed by atoms with Crippen LogP contribution in [0.25, 0.3) is 0 Å². The first-order valence-electron chi connectivity index (χ1n) is 8.13. The van der Waals surface area contributed by atoms with E-state index in [1.54, 1.807) is 24.1 Å². The van der Waals surface area contributed by atoms with E-state index in [1.807, 2.05) is 32.9 Å². The second kappa shape index (κ2) is 8.77. The van der Waals surface area contributed by atoms with Crippen molar-refractivity contribution in [3.05, 3.63) is 29.8 Å². The molecule has 130 valence electrons. The van der Waals surface area contributed by atoms with Gasteiger partial charge in [-0.3, -0.25) is 0 Å². The number of nitrogens with one attached hydrogen (secondary N) is 1. The van der Waals surface area contributed by atoms with Gasteiger partial charge in [-0.1, -0.05) is 12.1 Å². The normalized spacial score (nSPS) is 12.7. The zero-order chi connectivity index (χ0) is 17.5. The molecule has 0 aliphatic heterocycles. The van der Waals surface area contributed by atoms with Gasteiger partial charge in [-0.25, -0.2) is 4.79 Å². The van der Waals surface area contributed by atoms with Crippen molar-refractivity contribution in [2.45, 2.75) is 52.2 Å². The van der Waals surface area contributed by atoms with Crippen molar-refractivity contribution >= 4 is 6.09 Å². The van der Waals surface area contributed by atoms with Gasteiger partial charge in [-0.05, 0) is 58.2 Å². The number of rotatable bonds is 7. The molecule has 0 aromatic heterocycles. The standard InChI is InChI=1S/C18H30N2O3/c1-14(6-7-15-8-10-16(21)11-9-15)19-12-13-20(5)17(22)23-18(2,3)4/h8-11,14,19,21H,6-7,12-13H2,1-5H3. The Kier molecular flexibility index (Phi) is 7.36. The maximum atomic E-state index is 11.8. The van der Waals surface area contributed by atoms with Gasteiger partial charge in [0.2, 0.25) is 0 Å². The summed E-state index contributed by atoms with van der Waals surface area (Å²) in [7, 11) is 1.75. The van der Waals surface area contributed by atoms with Crippen molar-refractivity contribution in [3.8, 4) is 5.75 Å². The summed E-state index contributed by atoms with van der Waals surface area (Å²) < 4.78 is 5.31. The highest BCUT2D eigenvalue weighted by atomic mass is 16.6. The fourth-order valence-corrected chi connectivity index (χ4v) is 2.06. The quantitative estimate of drug-likeness (QED) is 0.809. The molecule has 1 amide bonds. The Balaban J connectivity index is 2.21. The van der Waals surface area contributed by atoms with E-state index in [0.29, 0.717) is 18.3 Å². The van der Waals surface area contributed by atoms with Gasteiger partial charge < -0.3 is 20.1 Å². The van der Waals surface area contributed by atoms with Crippen LogP contribution in [0.4, 0.5) is 4.79 Å². The number of likely N-dealkylation sites (N-methyl/N-ethyl adjacent to an activating group) is 1. The van der Waals surface area contributed by atoms with Gasteiger partial charge in [0, 0.05) is 26.2 Å². The zero-order valence-corrected chi connectivity index (χ0v) is 14.9. The molecular weight excluding hydrogens is 292 g/mol. The van der Waals surface area contributed by atoms with E-state index in [4.69, 9.17) is 4.74 Å². The first-order valence-corrected chi connectivity index (χ1v) is 8.13. The lowest BCUT2D eigenvalue weighted by Gasteiger charge is -2.25. The van der Waals surface area contributed by atoms with E-state index < -0.39 is 5.60 Å². The van der Waals surface area contributed by atoms with Crippen molar-refractivity contribution < 1.29 is 14.6 Å². The minimum Gasteiger partial charge on any atom is -0.508 e. The fourth-order valence-electron chi connectivity index (χ4n) is 2.06. The number of aryl methyl sites for hydroxylation is 1. The number of amides is 1. The highest BCUT2D eigenvalue weighted by molar-refractivity contribution is 5.67. The number of hydrogen-bond donors (Lipinski definition) is 2. The Morgan fingerprint density at radius 1 is 1.30 bits per heavy atom. The maximum absolute atomic E-state index is 11.8. The second-order valence-electron chi connectivity index (χ2n) is 6.96. The summed E-state index contributed by atoms with van der Waals surface area (Å²) in [4.78, 5) is 13.4. The minimum absolute atomic E-state index is 0.295. The number of carbonyl (C=O) groups excluding carboxylic acids is 1. The molecular formula is C18H30N2O3. The monoisotopic (exact) mass is 322 g/mol. The molecule has 0 saturated carbocycles. The van der Waals surface area contributed by atoms with Gasteiger partial charge in [0.25, 0.3) is 0 Å². The molecule has 0 fully saturated rings. The molecule has 1 rings (SSSR count). The second-order valence-corrected chi connectivity index (χ2v) is 6.96. The lowest BCUT2D eigenvalue weighted by molar-refractivity contribution is 0.0299. The van der Waals surface area contributed by atoms with Crippen LogP contribution >= 0.6 is 0 Å². The predicted molar refractivity (Wildman–Crippen MR) is 92.8 cm³/mol. The first-order chi connectivity index (χ1) is 10.7. The van der Waals surface area contributed by atoms with Crippen molar-refractivity contribution in [2.24, 2.45) is 0 Å². The van der Waals surface area contributed by atoms with E-state index in [9.17, 15) is 9.90 Å². The molecule has 1 atom stereocenters. The summed E-state index contributed by atoms with van der Waals surface area (Å²) in [6, 6.07) is 7.67. The lowest BCUT2D eigenvalue weighted by Crippen LogP contribution is -2.39. The van der Waals surface area contributed by atoms with Crippen molar-refractivity contribution in [3.63, 3.8) is 0 Å². The molecule has 0 bridgehead atoms. The summed E-state index contributed by atoms with van der Waals surface area (Å²) in [5.41, 5.74) is 0.748. The molecule has 0 spiro atoms. The van der Waals surface area contributed by atoms with E-state index in [0.717, 1.165) is 19.4 Å². The topological polar surface area (TPSA) is 61.8 Å². The van der Waals surface area contributed by atoms with Gasteiger partial charge in [-0.2, -0.15) is 0 Å². The number of aromatic hydroxyl groups is 1. The molecule has 0 radical (unpaired) electrons. The summed E-state index contributed by atoms with van der Waals surface area (Å²) in [5, 5.41) is 12.7. The maximum Gasteiger partial charge on any atom is 0.410 e. The SMILES string of the molecule is CC(CCc1ccc(O)cc1)NCCN(C)C(=O)OC(C)(C)C. The van der Waals surface area contributed by atoms with E-state index in [1.165, 1.54) is 5.56 Å². The first kappa shape index (κ1) is 19.3. The third-order valence-electron chi connectivity index (χ3n) is 3.45. The number of phenols is 1. The number of hydrogen-bond acceptors (Lipinski definition) is 4. The Hall–Kier alpha value is -1.75. The van der Waals surface area contributed by atoms with Crippen LogP contribution in [-0.4, -0.2) is 47.9 Å². The molecule has 0 heterocycles. The van der Waals surface area contributed by atoms with Crippen LogP contribution in [0, 0.1) is 0 Å². The highest BCUT2D eigenvalue weighted by Crippen LogP contribution is 2.12. The molecule has 0 aliphatic rings. The van der Waals surface area contributed by atoms with Crippen LogP contribution in [0.3, 0.4) is 0 Å². The molecule has 0 aliphatic carbocycles. The number of nitrogens with zero attached hydrogens (tertiary/aromatic N) is 1. The van der Waals surface area contributed by atoms with Crippen molar-refractivity contribution in [2.75, 3.05) is 20.1 Å². The summed E-state index contributed by atoms with van der Waals surface area (Å²) >= 11 is 0. The van der Waals surface area contributed by atoms with Gasteiger partial charge >= 0.3 is 6.09 Å². The smallest absolute Gasteiger partial charge is 0.410 e. The highest BCUT2D eigenvalue weighted by Gasteiger charge is 2.19. The van der Waals surface area contributed by atoms with Crippen LogP contribution in [0.2, 0.25) is 0 Å². The number of benzene rings is 1. The van der Waals surface area contributed by atoms with Crippen molar-refractivity contribution in [1.29, 1.82) is 0 Å². The van der Waals surface area contributed by atoms with E-state index in [-0.39, 0.29) is 6.09 Å². The molecule has 5 heteroatoms. The van der Waals surface area contributed by atoms with E-state index >= 15 is 0 Å². The summed E-state index contributed by atoms with van der Waals surface area (Å²) in [5.74, 6) is 0.296. The number of phenolic OH excluding ortho intramolecular Hbond substituents is 1. The van der Waals surface area contributed by atoms with Crippen molar-refractivity contribution in [1.82, 2.24) is 10.2 Å². The third kappa shape index (κ3) is 8.45. The van der Waals surface area contributed by atoms with E-state index in [2.05, 4.69) is 12.2 Å². The van der Waals surface area contributed by atoms with Crippen LogP contribution in [0.15, 0.2) is 24.3 Å². The molecule has 2 N–H and O–H groups in total. The predicted octanol–water partition coefficient (Wildman–Crippen LogP) is 3.17. The largest absolute Gasteiger partial charge is 0.508 e. The van der Waals surface area contributed by atoms with Gasteiger partial charge in [0.1, 0.15) is 11.4 Å². The minimum atomic E-state index is -0.462. The Labute approximate surface area is 139 Å². The third-order valence-corrected chi connectivity index (χ3v) is 3.45. The number of ether oxygens (including phenoxy) is 1. The Morgan fingerprint density at radius 3 is 2.48 bits per heavy atom. The fraction of sp³-hybridized carbons (Fsp3) is 0.611. The molecule has 23 heavy (non-hydrogen) atoms. The summed E-state index contributed by atoms with van der Waals surface area (Å²) in [6.45, 7) is 9.06. The molecule has 1 aromatic carbocycles. The Morgan fingerprint density at radius 2 is 1.91 bits per heavy atom. The zero-order valence-electron chi connectivity index (χ0n) is 14.9.